The first-order valence-electron chi connectivity index (χ1n) is 5.57. The Labute approximate surface area is 98.7 Å². The fraction of sp³-hybridized carbons (Fsp3) is 0.700. The number of hydrogen-bond acceptors (Lipinski definition) is 4. The van der Waals surface area contributed by atoms with Gasteiger partial charge in [-0.15, -0.1) is 10.2 Å². The minimum Gasteiger partial charge on any atom is -0.335 e. The first-order valence-corrected chi connectivity index (χ1v) is 6.45. The smallest absolute Gasteiger partial charge is 0.321 e. The molecule has 1 heterocycles. The highest BCUT2D eigenvalue weighted by atomic mass is 32.1. The van der Waals surface area contributed by atoms with Crippen LogP contribution in [0.3, 0.4) is 0 Å². The molecule has 2 atom stereocenters. The summed E-state index contributed by atoms with van der Waals surface area (Å²) < 4.78 is 0. The molecule has 2 amide bonds. The molecular formula is C10H16N4OS. The van der Waals surface area contributed by atoms with Crippen molar-refractivity contribution in [3.05, 3.63) is 5.51 Å². The van der Waals surface area contributed by atoms with Crippen molar-refractivity contribution in [2.45, 2.75) is 38.6 Å². The van der Waals surface area contributed by atoms with Gasteiger partial charge in [-0.25, -0.2) is 4.79 Å². The van der Waals surface area contributed by atoms with Crippen LogP contribution in [-0.4, -0.2) is 22.3 Å². The van der Waals surface area contributed by atoms with Crippen molar-refractivity contribution in [1.29, 1.82) is 0 Å². The maximum absolute atomic E-state index is 11.6. The Hall–Kier alpha value is -1.17. The van der Waals surface area contributed by atoms with E-state index in [1.807, 2.05) is 0 Å². The summed E-state index contributed by atoms with van der Waals surface area (Å²) in [5.74, 6) is 0.709. The summed E-state index contributed by atoms with van der Waals surface area (Å²) in [6.45, 7) is 2.23. The Bertz CT molecular complexity index is 341. The van der Waals surface area contributed by atoms with Crippen LogP contribution in [-0.2, 0) is 0 Å². The lowest BCUT2D eigenvalue weighted by molar-refractivity contribution is 0.238. The third kappa shape index (κ3) is 3.16. The molecule has 1 aliphatic rings. The highest BCUT2D eigenvalue weighted by Gasteiger charge is 2.20. The third-order valence-electron chi connectivity index (χ3n) is 2.85. The van der Waals surface area contributed by atoms with Gasteiger partial charge in [0.05, 0.1) is 0 Å². The summed E-state index contributed by atoms with van der Waals surface area (Å²) in [5.41, 5.74) is 1.60. The topological polar surface area (TPSA) is 66.9 Å². The van der Waals surface area contributed by atoms with E-state index < -0.39 is 0 Å². The molecule has 1 saturated carbocycles. The van der Waals surface area contributed by atoms with Crippen LogP contribution in [0.15, 0.2) is 5.51 Å². The first-order chi connectivity index (χ1) is 7.74. The molecule has 0 aromatic carbocycles. The highest BCUT2D eigenvalue weighted by molar-refractivity contribution is 7.13. The fourth-order valence-corrected chi connectivity index (χ4v) is 2.55. The van der Waals surface area contributed by atoms with Gasteiger partial charge in [0.1, 0.15) is 5.51 Å². The zero-order valence-electron chi connectivity index (χ0n) is 9.27. The number of nitrogens with one attached hydrogen (secondary N) is 2. The lowest BCUT2D eigenvalue weighted by Gasteiger charge is -2.27. The maximum Gasteiger partial charge on any atom is 0.321 e. The SMILES string of the molecule is C[C@H]1CCC[C@H](NC(=O)Nc2nncs2)C1. The van der Waals surface area contributed by atoms with Crippen LogP contribution in [0.4, 0.5) is 9.93 Å². The highest BCUT2D eigenvalue weighted by Crippen LogP contribution is 2.23. The summed E-state index contributed by atoms with van der Waals surface area (Å²) in [6, 6.07) is 0.132. The molecule has 1 aromatic rings. The molecule has 1 fully saturated rings. The van der Waals surface area contributed by atoms with Crippen LogP contribution in [0, 0.1) is 5.92 Å². The molecule has 0 aliphatic heterocycles. The summed E-state index contributed by atoms with van der Waals surface area (Å²) in [6.07, 6.45) is 4.62. The molecule has 6 heteroatoms. The quantitative estimate of drug-likeness (QED) is 0.833. The standard InChI is InChI=1S/C10H16N4OS/c1-7-3-2-4-8(5-7)12-9(15)13-10-14-11-6-16-10/h6-8H,2-5H2,1H3,(H2,12,13,14,15)/t7-,8-/m0/s1. The van der Waals surface area contributed by atoms with Crippen LogP contribution in [0.2, 0.25) is 0 Å². The number of rotatable bonds is 2. The van der Waals surface area contributed by atoms with Crippen LogP contribution < -0.4 is 10.6 Å². The van der Waals surface area contributed by atoms with E-state index in [2.05, 4.69) is 27.8 Å². The van der Waals surface area contributed by atoms with Crippen molar-refractivity contribution in [3.63, 3.8) is 0 Å². The lowest BCUT2D eigenvalue weighted by Crippen LogP contribution is -2.40. The Kier molecular flexibility index (Phi) is 3.71. The van der Waals surface area contributed by atoms with E-state index >= 15 is 0 Å². The number of aromatic nitrogens is 2. The van der Waals surface area contributed by atoms with Crippen molar-refractivity contribution in [2.75, 3.05) is 5.32 Å². The Morgan fingerprint density at radius 1 is 1.56 bits per heavy atom. The van der Waals surface area contributed by atoms with Crippen LogP contribution >= 0.6 is 11.3 Å². The van der Waals surface area contributed by atoms with E-state index in [9.17, 15) is 4.79 Å². The molecular weight excluding hydrogens is 224 g/mol. The maximum atomic E-state index is 11.6. The van der Waals surface area contributed by atoms with Crippen molar-refractivity contribution < 1.29 is 4.79 Å². The second kappa shape index (κ2) is 5.25. The molecule has 2 rings (SSSR count). The lowest BCUT2D eigenvalue weighted by atomic mass is 9.87. The average Bonchev–Trinajstić information content (AvgIpc) is 2.70. The number of urea groups is 1. The summed E-state index contributed by atoms with van der Waals surface area (Å²) >= 11 is 1.32. The molecule has 0 spiro atoms. The molecule has 2 N–H and O–H groups in total. The second-order valence-corrected chi connectivity index (χ2v) is 5.14. The van der Waals surface area contributed by atoms with Gasteiger partial charge in [0, 0.05) is 6.04 Å². The molecule has 88 valence electrons. The third-order valence-corrected chi connectivity index (χ3v) is 3.46. The van der Waals surface area contributed by atoms with Crippen molar-refractivity contribution in [3.8, 4) is 0 Å². The largest absolute Gasteiger partial charge is 0.335 e. The van der Waals surface area contributed by atoms with Gasteiger partial charge in [0.2, 0.25) is 5.13 Å². The fourth-order valence-electron chi connectivity index (χ4n) is 2.11. The number of amides is 2. The van der Waals surface area contributed by atoms with Gasteiger partial charge in [0.15, 0.2) is 0 Å². The molecule has 0 unspecified atom stereocenters. The zero-order valence-corrected chi connectivity index (χ0v) is 10.1. The van der Waals surface area contributed by atoms with E-state index in [-0.39, 0.29) is 6.03 Å². The average molecular weight is 240 g/mol. The van der Waals surface area contributed by atoms with Gasteiger partial charge in [-0.1, -0.05) is 31.1 Å². The monoisotopic (exact) mass is 240 g/mol. The Morgan fingerprint density at radius 3 is 3.12 bits per heavy atom. The number of carbonyl (C=O) groups is 1. The number of nitrogens with zero attached hydrogens (tertiary/aromatic N) is 2. The predicted molar refractivity (Wildman–Crippen MR) is 63.5 cm³/mol. The Balaban J connectivity index is 1.78. The van der Waals surface area contributed by atoms with Crippen LogP contribution in [0.1, 0.15) is 32.6 Å². The normalized spacial score (nSPS) is 25.1. The first kappa shape index (κ1) is 11.3. The van der Waals surface area contributed by atoms with Gasteiger partial charge >= 0.3 is 6.03 Å². The van der Waals surface area contributed by atoms with Gasteiger partial charge in [0.25, 0.3) is 0 Å². The second-order valence-electron chi connectivity index (χ2n) is 4.31. The van der Waals surface area contributed by atoms with Crippen LogP contribution in [0.25, 0.3) is 0 Å². The van der Waals surface area contributed by atoms with Gasteiger partial charge in [-0.05, 0) is 18.8 Å². The Morgan fingerprint density at radius 2 is 2.44 bits per heavy atom. The van der Waals surface area contributed by atoms with E-state index in [1.165, 1.54) is 24.2 Å². The number of anilines is 1. The van der Waals surface area contributed by atoms with Gasteiger partial charge in [-0.3, -0.25) is 5.32 Å². The summed E-state index contributed by atoms with van der Waals surface area (Å²) in [5, 5.41) is 13.6. The van der Waals surface area contributed by atoms with Crippen molar-refractivity contribution in [1.82, 2.24) is 15.5 Å². The minimum atomic E-state index is -0.171. The van der Waals surface area contributed by atoms with Crippen LogP contribution in [0.5, 0.6) is 0 Å². The molecule has 0 radical (unpaired) electrons. The van der Waals surface area contributed by atoms with Gasteiger partial charge < -0.3 is 5.32 Å². The number of carbonyl (C=O) groups excluding carboxylic acids is 1. The summed E-state index contributed by atoms with van der Waals surface area (Å²) in [7, 11) is 0. The summed E-state index contributed by atoms with van der Waals surface area (Å²) in [4.78, 5) is 11.6. The van der Waals surface area contributed by atoms with E-state index in [0.717, 1.165) is 12.8 Å². The van der Waals surface area contributed by atoms with Crippen molar-refractivity contribution >= 4 is 22.5 Å². The number of hydrogen-bond donors (Lipinski definition) is 2. The molecule has 16 heavy (non-hydrogen) atoms. The van der Waals surface area contributed by atoms with E-state index in [0.29, 0.717) is 17.1 Å². The predicted octanol–water partition coefficient (Wildman–Crippen LogP) is 2.24. The molecule has 5 nitrogen and oxygen atoms in total. The molecule has 0 saturated heterocycles. The van der Waals surface area contributed by atoms with E-state index in [1.54, 1.807) is 5.51 Å². The molecule has 0 bridgehead atoms. The van der Waals surface area contributed by atoms with E-state index in [4.69, 9.17) is 0 Å². The van der Waals surface area contributed by atoms with Gasteiger partial charge in [-0.2, -0.15) is 0 Å². The molecule has 1 aromatic heterocycles. The minimum absolute atomic E-state index is 0.171. The zero-order chi connectivity index (χ0) is 11.4. The molecule has 1 aliphatic carbocycles. The van der Waals surface area contributed by atoms with Crippen molar-refractivity contribution in [2.24, 2.45) is 5.92 Å².